The lowest BCUT2D eigenvalue weighted by molar-refractivity contribution is -0.137. The van der Waals surface area contributed by atoms with Gasteiger partial charge in [-0.05, 0) is 63.0 Å². The highest BCUT2D eigenvalue weighted by Gasteiger charge is 2.44. The first kappa shape index (κ1) is 19.1. The zero-order valence-electron chi connectivity index (χ0n) is 16.2. The Morgan fingerprint density at radius 1 is 1.18 bits per heavy atom. The summed E-state index contributed by atoms with van der Waals surface area (Å²) < 4.78 is 46.8. The van der Waals surface area contributed by atoms with Gasteiger partial charge in [0.2, 0.25) is 0 Å². The van der Waals surface area contributed by atoms with Crippen LogP contribution in [0.3, 0.4) is 0 Å². The molecule has 0 bridgehead atoms. The molecule has 2 aliphatic rings. The maximum absolute atomic E-state index is 13.3. The van der Waals surface area contributed by atoms with E-state index < -0.39 is 17.3 Å². The molecule has 0 radical (unpaired) electrons. The predicted octanol–water partition coefficient (Wildman–Crippen LogP) is 4.71. The number of halogens is 3. The van der Waals surface area contributed by atoms with E-state index in [1.54, 1.807) is 11.1 Å². The number of alkyl halides is 3. The largest absolute Gasteiger partial charge is 0.444 e. The maximum atomic E-state index is 13.3. The number of hydrogen-bond acceptors (Lipinski definition) is 3. The molecule has 1 saturated heterocycles. The van der Waals surface area contributed by atoms with Crippen LogP contribution in [0.2, 0.25) is 0 Å². The van der Waals surface area contributed by atoms with E-state index in [4.69, 9.17) is 4.74 Å². The summed E-state index contributed by atoms with van der Waals surface area (Å²) in [7, 11) is 0. The average Bonchev–Trinajstić information content (AvgIpc) is 3.25. The van der Waals surface area contributed by atoms with Crippen molar-refractivity contribution in [1.29, 1.82) is 0 Å². The van der Waals surface area contributed by atoms with Gasteiger partial charge in [-0.3, -0.25) is 0 Å². The first-order chi connectivity index (χ1) is 13.0. The Morgan fingerprint density at radius 3 is 2.39 bits per heavy atom. The summed E-state index contributed by atoms with van der Waals surface area (Å²) >= 11 is 0. The third-order valence-electron chi connectivity index (χ3n) is 5.72. The van der Waals surface area contributed by atoms with Crippen molar-refractivity contribution in [1.82, 2.24) is 14.3 Å². The quantitative estimate of drug-likeness (QED) is 0.702. The molecular formula is C20H24F3N3O2. The number of ether oxygens (including phenoxy) is 1. The van der Waals surface area contributed by atoms with E-state index in [1.165, 1.54) is 16.8 Å². The molecule has 3 heterocycles. The highest BCUT2D eigenvalue weighted by molar-refractivity contribution is 5.68. The second kappa shape index (κ2) is 6.39. The minimum absolute atomic E-state index is 0.0392. The minimum atomic E-state index is -4.39. The fourth-order valence-corrected chi connectivity index (χ4v) is 4.57. The van der Waals surface area contributed by atoms with Crippen molar-refractivity contribution in [2.45, 2.75) is 51.3 Å². The molecule has 152 valence electrons. The van der Waals surface area contributed by atoms with Gasteiger partial charge in [0.05, 0.1) is 23.6 Å². The molecule has 3 atom stereocenters. The van der Waals surface area contributed by atoms with E-state index in [2.05, 4.69) is 4.98 Å². The molecule has 2 aromatic heterocycles. The summed E-state index contributed by atoms with van der Waals surface area (Å²) in [6.07, 6.45) is 0.958. The second-order valence-electron chi connectivity index (χ2n) is 8.94. The van der Waals surface area contributed by atoms with Crippen LogP contribution < -0.4 is 0 Å². The molecule has 28 heavy (non-hydrogen) atoms. The Labute approximate surface area is 161 Å². The Bertz CT molecular complexity index is 886. The summed E-state index contributed by atoms with van der Waals surface area (Å²) in [4.78, 5) is 18.1. The Kier molecular flexibility index (Phi) is 4.35. The van der Waals surface area contributed by atoms with Crippen molar-refractivity contribution in [2.24, 2.45) is 11.8 Å². The van der Waals surface area contributed by atoms with Gasteiger partial charge in [-0.1, -0.05) is 0 Å². The van der Waals surface area contributed by atoms with E-state index in [-0.39, 0.29) is 23.8 Å². The SMILES string of the molecule is CC(C)(C)OC(=O)N1C[C@H]2CC(c3cc(C(F)(F)F)cn4cncc34)C[C@H]2C1. The predicted molar refractivity (Wildman–Crippen MR) is 97.0 cm³/mol. The molecule has 0 N–H and O–H groups in total. The normalized spacial score (nSPS) is 25.4. The number of aromatic nitrogens is 2. The van der Waals surface area contributed by atoms with Crippen LogP contribution in [0.25, 0.3) is 5.52 Å². The maximum Gasteiger partial charge on any atom is 0.417 e. The number of pyridine rings is 1. The zero-order valence-corrected chi connectivity index (χ0v) is 16.2. The molecule has 1 aliphatic carbocycles. The van der Waals surface area contributed by atoms with Crippen LogP contribution in [0.4, 0.5) is 18.0 Å². The summed E-state index contributed by atoms with van der Waals surface area (Å²) in [5.74, 6) is 0.613. The van der Waals surface area contributed by atoms with E-state index >= 15 is 0 Å². The average molecular weight is 395 g/mol. The fourth-order valence-electron chi connectivity index (χ4n) is 4.57. The van der Waals surface area contributed by atoms with Gasteiger partial charge in [0.15, 0.2) is 0 Å². The molecule has 2 fully saturated rings. The molecule has 8 heteroatoms. The number of carbonyl (C=O) groups excluding carboxylic acids is 1. The van der Waals surface area contributed by atoms with E-state index in [9.17, 15) is 18.0 Å². The van der Waals surface area contributed by atoms with Gasteiger partial charge in [0.1, 0.15) is 5.60 Å². The van der Waals surface area contributed by atoms with Gasteiger partial charge in [0, 0.05) is 19.3 Å². The van der Waals surface area contributed by atoms with Gasteiger partial charge in [-0.2, -0.15) is 13.2 Å². The summed E-state index contributed by atoms with van der Waals surface area (Å²) in [5.41, 5.74) is 0.233. The van der Waals surface area contributed by atoms with Gasteiger partial charge in [0.25, 0.3) is 0 Å². The van der Waals surface area contributed by atoms with Gasteiger partial charge in [-0.25, -0.2) is 9.78 Å². The lowest BCUT2D eigenvalue weighted by Gasteiger charge is -2.25. The molecule has 1 unspecified atom stereocenters. The number of likely N-dealkylation sites (tertiary alicyclic amines) is 1. The first-order valence-corrected chi connectivity index (χ1v) is 9.52. The molecule has 2 aromatic rings. The Morgan fingerprint density at radius 2 is 1.82 bits per heavy atom. The smallest absolute Gasteiger partial charge is 0.417 e. The number of rotatable bonds is 1. The lowest BCUT2D eigenvalue weighted by Crippen LogP contribution is -2.36. The fraction of sp³-hybridized carbons (Fsp3) is 0.600. The molecule has 0 spiro atoms. The van der Waals surface area contributed by atoms with Crippen molar-refractivity contribution < 1.29 is 22.7 Å². The van der Waals surface area contributed by atoms with Crippen LogP contribution in [-0.2, 0) is 10.9 Å². The van der Waals surface area contributed by atoms with Crippen molar-refractivity contribution in [3.8, 4) is 0 Å². The van der Waals surface area contributed by atoms with E-state index in [0.717, 1.165) is 24.6 Å². The van der Waals surface area contributed by atoms with Crippen molar-refractivity contribution in [3.05, 3.63) is 35.9 Å². The van der Waals surface area contributed by atoms with Crippen molar-refractivity contribution >= 4 is 11.6 Å². The second-order valence-corrected chi connectivity index (χ2v) is 8.94. The van der Waals surface area contributed by atoms with Crippen LogP contribution >= 0.6 is 0 Å². The highest BCUT2D eigenvalue weighted by Crippen LogP contribution is 2.48. The number of imidazole rings is 1. The van der Waals surface area contributed by atoms with Crippen LogP contribution in [0.5, 0.6) is 0 Å². The van der Waals surface area contributed by atoms with Gasteiger partial charge < -0.3 is 14.0 Å². The molecule has 4 rings (SSSR count). The topological polar surface area (TPSA) is 46.8 Å². The standard InChI is InChI=1S/C20H24F3N3O2/c1-19(2,3)28-18(27)25-8-13-4-12(5-14(13)9-25)16-6-15(20(21,22)23)10-26-11-24-7-17(16)26/h6-7,10-14H,4-5,8-9H2,1-3H3/t12?,13-,14+. The molecule has 5 nitrogen and oxygen atoms in total. The van der Waals surface area contributed by atoms with Crippen LogP contribution in [0, 0.1) is 11.8 Å². The van der Waals surface area contributed by atoms with Crippen molar-refractivity contribution in [2.75, 3.05) is 13.1 Å². The number of amides is 1. The Balaban J connectivity index is 1.53. The third-order valence-corrected chi connectivity index (χ3v) is 5.72. The number of nitrogens with zero attached hydrogens (tertiary/aromatic N) is 3. The minimum Gasteiger partial charge on any atom is -0.444 e. The van der Waals surface area contributed by atoms with Gasteiger partial charge in [-0.15, -0.1) is 0 Å². The summed E-state index contributed by atoms with van der Waals surface area (Å²) in [6, 6.07) is 1.27. The molecule has 1 saturated carbocycles. The zero-order chi connectivity index (χ0) is 20.3. The molecule has 1 amide bonds. The first-order valence-electron chi connectivity index (χ1n) is 9.52. The molecule has 1 aliphatic heterocycles. The summed E-state index contributed by atoms with van der Waals surface area (Å²) in [5, 5.41) is 0. The monoisotopic (exact) mass is 395 g/mol. The van der Waals surface area contributed by atoms with Crippen LogP contribution in [-0.4, -0.2) is 39.1 Å². The molecular weight excluding hydrogens is 371 g/mol. The number of hydrogen-bond donors (Lipinski definition) is 0. The Hall–Kier alpha value is -2.25. The van der Waals surface area contributed by atoms with Crippen molar-refractivity contribution in [3.63, 3.8) is 0 Å². The summed E-state index contributed by atoms with van der Waals surface area (Å²) in [6.45, 7) is 6.71. The van der Waals surface area contributed by atoms with Gasteiger partial charge >= 0.3 is 12.3 Å². The number of fused-ring (bicyclic) bond motifs is 2. The highest BCUT2D eigenvalue weighted by atomic mass is 19.4. The lowest BCUT2D eigenvalue weighted by atomic mass is 9.94. The number of carbonyl (C=O) groups is 1. The van der Waals surface area contributed by atoms with E-state index in [0.29, 0.717) is 18.7 Å². The van der Waals surface area contributed by atoms with Crippen LogP contribution in [0.15, 0.2) is 24.8 Å². The van der Waals surface area contributed by atoms with Crippen LogP contribution in [0.1, 0.15) is 50.7 Å². The van der Waals surface area contributed by atoms with E-state index in [1.807, 2.05) is 20.8 Å². The third kappa shape index (κ3) is 3.56. The molecule has 0 aromatic carbocycles.